The van der Waals surface area contributed by atoms with E-state index in [1.54, 1.807) is 12.1 Å². The molecule has 2 aromatic rings. The van der Waals surface area contributed by atoms with Crippen LogP contribution in [0.3, 0.4) is 0 Å². The molecule has 1 heterocycles. The minimum absolute atomic E-state index is 0.360. The standard InChI is InChI=1S/C15H13ClF3NO2S/c1-10(11-4-6-13(16)7-5-11)23(21,22)9-12-3-2-8-20-14(12)15(17,18)19/h2-8,10H,9H2,1H3. The van der Waals surface area contributed by atoms with Gasteiger partial charge >= 0.3 is 6.18 Å². The van der Waals surface area contributed by atoms with E-state index in [9.17, 15) is 21.6 Å². The highest BCUT2D eigenvalue weighted by atomic mass is 35.5. The molecule has 0 fully saturated rings. The lowest BCUT2D eigenvalue weighted by Gasteiger charge is -2.16. The fourth-order valence-corrected chi connectivity index (χ4v) is 3.71. The molecule has 2 rings (SSSR count). The number of halogens is 4. The number of rotatable bonds is 4. The van der Waals surface area contributed by atoms with E-state index in [4.69, 9.17) is 11.6 Å². The van der Waals surface area contributed by atoms with Crippen LogP contribution in [0, 0.1) is 0 Å². The average molecular weight is 364 g/mol. The Morgan fingerprint density at radius 3 is 2.35 bits per heavy atom. The Hall–Kier alpha value is -1.60. The summed E-state index contributed by atoms with van der Waals surface area (Å²) in [7, 11) is -3.85. The molecular formula is C15H13ClF3NO2S. The maximum Gasteiger partial charge on any atom is 0.433 e. The van der Waals surface area contributed by atoms with Gasteiger partial charge in [0.05, 0.1) is 11.0 Å². The first-order chi connectivity index (χ1) is 10.6. The first kappa shape index (κ1) is 17.7. The highest BCUT2D eigenvalue weighted by Crippen LogP contribution is 2.33. The second kappa shape index (κ2) is 6.49. The lowest BCUT2D eigenvalue weighted by Crippen LogP contribution is -2.17. The summed E-state index contributed by atoms with van der Waals surface area (Å²) in [5, 5.41) is -0.508. The topological polar surface area (TPSA) is 47.0 Å². The van der Waals surface area contributed by atoms with E-state index >= 15 is 0 Å². The Labute approximate surface area is 137 Å². The van der Waals surface area contributed by atoms with Gasteiger partial charge < -0.3 is 0 Å². The van der Waals surface area contributed by atoms with Gasteiger partial charge in [-0.15, -0.1) is 0 Å². The van der Waals surface area contributed by atoms with Gasteiger partial charge in [0.15, 0.2) is 9.84 Å². The van der Waals surface area contributed by atoms with Crippen LogP contribution in [-0.4, -0.2) is 13.4 Å². The summed E-state index contributed by atoms with van der Waals surface area (Å²) in [4.78, 5) is 3.27. The van der Waals surface area contributed by atoms with Crippen LogP contribution in [0.25, 0.3) is 0 Å². The largest absolute Gasteiger partial charge is 0.433 e. The third kappa shape index (κ3) is 4.23. The van der Waals surface area contributed by atoms with Gasteiger partial charge in [-0.1, -0.05) is 29.8 Å². The van der Waals surface area contributed by atoms with Crippen molar-refractivity contribution in [3.8, 4) is 0 Å². The number of aromatic nitrogens is 1. The van der Waals surface area contributed by atoms with Crippen molar-refractivity contribution in [2.75, 3.05) is 0 Å². The molecule has 0 bridgehead atoms. The smallest absolute Gasteiger partial charge is 0.251 e. The molecule has 0 spiro atoms. The molecule has 1 aromatic heterocycles. The molecule has 0 saturated heterocycles. The average Bonchev–Trinajstić information content (AvgIpc) is 2.46. The van der Waals surface area contributed by atoms with Crippen molar-refractivity contribution in [3.63, 3.8) is 0 Å². The highest BCUT2D eigenvalue weighted by Gasteiger charge is 2.36. The summed E-state index contributed by atoms with van der Waals surface area (Å²) in [6.45, 7) is 1.43. The van der Waals surface area contributed by atoms with Crippen molar-refractivity contribution < 1.29 is 21.6 Å². The first-order valence-corrected chi connectivity index (χ1v) is 8.69. The lowest BCUT2D eigenvalue weighted by atomic mass is 10.2. The number of benzene rings is 1. The third-order valence-electron chi connectivity index (χ3n) is 3.39. The fraction of sp³-hybridized carbons (Fsp3) is 0.267. The van der Waals surface area contributed by atoms with Gasteiger partial charge in [-0.25, -0.2) is 8.42 Å². The van der Waals surface area contributed by atoms with Crippen LogP contribution in [0.15, 0.2) is 42.6 Å². The summed E-state index contributed by atoms with van der Waals surface area (Å²) in [5.41, 5.74) is -1.07. The molecular weight excluding hydrogens is 351 g/mol. The van der Waals surface area contributed by atoms with Crippen LogP contribution in [0.1, 0.15) is 29.0 Å². The Kier molecular flexibility index (Phi) is 5.01. The summed E-state index contributed by atoms with van der Waals surface area (Å²) in [5.74, 6) is -0.737. The monoisotopic (exact) mass is 363 g/mol. The zero-order valence-corrected chi connectivity index (χ0v) is 13.6. The molecule has 23 heavy (non-hydrogen) atoms. The predicted octanol–water partition coefficient (Wildman–Crippen LogP) is 4.43. The van der Waals surface area contributed by atoms with E-state index < -0.39 is 32.7 Å². The molecule has 0 amide bonds. The van der Waals surface area contributed by atoms with Crippen molar-refractivity contribution in [1.29, 1.82) is 0 Å². The van der Waals surface area contributed by atoms with E-state index in [2.05, 4.69) is 4.98 Å². The normalized spacial score (nSPS) is 13.8. The van der Waals surface area contributed by atoms with Gasteiger partial charge in [0.1, 0.15) is 5.69 Å². The predicted molar refractivity (Wildman–Crippen MR) is 81.7 cm³/mol. The van der Waals surface area contributed by atoms with Gasteiger partial charge in [0, 0.05) is 11.2 Å². The lowest BCUT2D eigenvalue weighted by molar-refractivity contribution is -0.141. The molecule has 0 aliphatic heterocycles. The number of alkyl halides is 3. The second-order valence-corrected chi connectivity index (χ2v) is 7.77. The summed E-state index contributed by atoms with van der Waals surface area (Å²) >= 11 is 5.75. The van der Waals surface area contributed by atoms with Crippen LogP contribution in [0.4, 0.5) is 13.2 Å². The van der Waals surface area contributed by atoms with Gasteiger partial charge in [0.2, 0.25) is 0 Å². The molecule has 0 N–H and O–H groups in total. The molecule has 1 aromatic carbocycles. The van der Waals surface area contributed by atoms with Crippen LogP contribution < -0.4 is 0 Å². The minimum Gasteiger partial charge on any atom is -0.251 e. The van der Waals surface area contributed by atoms with Gasteiger partial charge in [-0.3, -0.25) is 4.98 Å². The highest BCUT2D eigenvalue weighted by molar-refractivity contribution is 7.90. The van der Waals surface area contributed by atoms with Crippen molar-refractivity contribution >= 4 is 21.4 Å². The van der Waals surface area contributed by atoms with Gasteiger partial charge in [-0.2, -0.15) is 13.2 Å². The van der Waals surface area contributed by atoms with Gasteiger partial charge in [-0.05, 0) is 36.2 Å². The molecule has 0 saturated carbocycles. The number of hydrogen-bond donors (Lipinski definition) is 0. The number of hydrogen-bond acceptors (Lipinski definition) is 3. The number of sulfone groups is 1. The molecule has 8 heteroatoms. The maximum absolute atomic E-state index is 12.9. The number of nitrogens with zero attached hydrogens (tertiary/aromatic N) is 1. The summed E-state index contributed by atoms with van der Waals surface area (Å²) in [6, 6.07) is 8.56. The molecule has 0 aliphatic carbocycles. The Morgan fingerprint density at radius 2 is 1.78 bits per heavy atom. The second-order valence-electron chi connectivity index (χ2n) is 5.01. The molecule has 0 aliphatic rings. The van der Waals surface area contributed by atoms with E-state index in [-0.39, 0.29) is 5.56 Å². The van der Waals surface area contributed by atoms with Crippen molar-refractivity contribution in [2.24, 2.45) is 0 Å². The third-order valence-corrected chi connectivity index (χ3v) is 5.71. The number of pyridine rings is 1. The minimum atomic E-state index is -4.70. The molecule has 124 valence electrons. The molecule has 1 atom stereocenters. The summed E-state index contributed by atoms with van der Waals surface area (Å²) in [6.07, 6.45) is -3.71. The van der Waals surface area contributed by atoms with Gasteiger partial charge in [0.25, 0.3) is 0 Å². The molecule has 1 unspecified atom stereocenters. The van der Waals surface area contributed by atoms with E-state index in [0.29, 0.717) is 10.6 Å². The Bertz CT molecular complexity index is 789. The zero-order chi connectivity index (χ0) is 17.3. The maximum atomic E-state index is 12.9. The van der Waals surface area contributed by atoms with Crippen molar-refractivity contribution in [3.05, 3.63) is 64.4 Å². The van der Waals surface area contributed by atoms with Crippen LogP contribution in [0.2, 0.25) is 5.02 Å². The first-order valence-electron chi connectivity index (χ1n) is 6.59. The summed E-state index contributed by atoms with van der Waals surface area (Å²) < 4.78 is 63.6. The van der Waals surface area contributed by atoms with Crippen LogP contribution >= 0.6 is 11.6 Å². The van der Waals surface area contributed by atoms with E-state index in [1.165, 1.54) is 25.1 Å². The Morgan fingerprint density at radius 1 is 1.17 bits per heavy atom. The quantitative estimate of drug-likeness (QED) is 0.807. The molecule has 3 nitrogen and oxygen atoms in total. The fourth-order valence-electron chi connectivity index (χ4n) is 2.09. The van der Waals surface area contributed by atoms with Crippen molar-refractivity contribution in [1.82, 2.24) is 4.98 Å². The molecule has 0 radical (unpaired) electrons. The van der Waals surface area contributed by atoms with Crippen molar-refractivity contribution in [2.45, 2.75) is 24.1 Å². The SMILES string of the molecule is CC(c1ccc(Cl)cc1)S(=O)(=O)Cc1cccnc1C(F)(F)F. The van der Waals surface area contributed by atoms with Crippen LogP contribution in [0.5, 0.6) is 0 Å². The van der Waals surface area contributed by atoms with Crippen LogP contribution in [-0.2, 0) is 21.8 Å². The van der Waals surface area contributed by atoms with E-state index in [1.807, 2.05) is 0 Å². The zero-order valence-electron chi connectivity index (χ0n) is 12.0. The Balaban J connectivity index is 2.34. The van der Waals surface area contributed by atoms with E-state index in [0.717, 1.165) is 12.3 Å².